The van der Waals surface area contributed by atoms with E-state index in [2.05, 4.69) is 16.0 Å². The number of carbonyl (C=O) groups is 3. The number of aryl methyl sites for hydroxylation is 3. The summed E-state index contributed by atoms with van der Waals surface area (Å²) in [4.78, 5) is 74.9. The fourth-order valence-electron chi connectivity index (χ4n) is 9.61. The first kappa shape index (κ1) is 69.6. The summed E-state index contributed by atoms with van der Waals surface area (Å²) in [5, 5.41) is 38.3. The van der Waals surface area contributed by atoms with E-state index in [1.165, 1.54) is 111 Å². The predicted octanol–water partition coefficient (Wildman–Crippen LogP) is 11.1. The number of halogens is 7. The number of hydrogen-bond donors (Lipinski definition) is 6. The molecule has 0 radical (unpaired) electrons. The lowest BCUT2D eigenvalue weighted by Gasteiger charge is -2.14. The van der Waals surface area contributed by atoms with E-state index in [0.29, 0.717) is 64.2 Å². The van der Waals surface area contributed by atoms with Gasteiger partial charge in [-0.05, 0) is 159 Å². The Morgan fingerprint density at radius 2 is 0.796 bits per heavy atom. The van der Waals surface area contributed by atoms with Gasteiger partial charge in [-0.2, -0.15) is 13.2 Å². The first-order valence-corrected chi connectivity index (χ1v) is 28.8. The Morgan fingerprint density at radius 3 is 1.17 bits per heavy atom. The van der Waals surface area contributed by atoms with Crippen LogP contribution in [0.5, 0.6) is 28.7 Å². The monoisotopic (exact) mass is 1290 g/mol. The van der Waals surface area contributed by atoms with Crippen LogP contribution in [0.4, 0.5) is 30.7 Å². The van der Waals surface area contributed by atoms with Crippen molar-refractivity contribution in [1.29, 1.82) is 0 Å². The van der Waals surface area contributed by atoms with Crippen LogP contribution in [0.1, 0.15) is 71.7 Å². The van der Waals surface area contributed by atoms with Crippen molar-refractivity contribution in [3.63, 3.8) is 0 Å². The van der Waals surface area contributed by atoms with E-state index >= 15 is 0 Å². The highest BCUT2D eigenvalue weighted by molar-refractivity contribution is 5.99. The summed E-state index contributed by atoms with van der Waals surface area (Å²) in [6.45, 7) is 5.72. The van der Waals surface area contributed by atoms with Crippen molar-refractivity contribution in [2.75, 3.05) is 32.8 Å². The Kier molecular flexibility index (Phi) is 23.3. The highest BCUT2D eigenvalue weighted by atomic mass is 19.4. The molecule has 3 aromatic heterocycles. The zero-order valence-electron chi connectivity index (χ0n) is 51.2. The number of aromatic nitrogens is 3. The standard InChI is InChI=1S/C24H22F4N2O4.C23H22F2N2O4.C22H21FN2O3/c1-14-10-15(12-16(25)11-14)19-13-17(21(31)23(33)30(19)2)22(32)29-8-5-9-34-20-7-4-3-6-18(20)24(26,27)28;1-14-10-15(12-16(24)11-14)19-13-17(21(28)23(30)27(19)2)22(29)26-8-5-9-31-20-7-4-3-6-18(20)25;1-14-10-16(12-17(23)11-14)19-13-18(20(26)22(28)25(19)2)21(27)24-9-8-15-6-4-3-5-7-15/h3-4,6-7,10-13,31H,5,8-9H2,1-2H3,(H,29,32);3-4,6-7,10-13,28H,5,8-9H2,1-2H3,(H,26,29);3-7,10-13,26H,8-9H2,1-2H3,(H,24,27). The number of amides is 3. The molecule has 9 aromatic rings. The molecule has 6 N–H and O–H groups in total. The quantitative estimate of drug-likeness (QED) is 0.0329. The van der Waals surface area contributed by atoms with Crippen molar-refractivity contribution in [1.82, 2.24) is 29.7 Å². The summed E-state index contributed by atoms with van der Waals surface area (Å²) in [6.07, 6.45) is -3.39. The van der Waals surface area contributed by atoms with E-state index in [-0.39, 0.29) is 66.6 Å². The lowest BCUT2D eigenvalue weighted by molar-refractivity contribution is -0.139. The van der Waals surface area contributed by atoms with Gasteiger partial charge in [-0.1, -0.05) is 54.6 Å². The van der Waals surface area contributed by atoms with Gasteiger partial charge in [0.2, 0.25) is 0 Å². The molecule has 0 aliphatic carbocycles. The first-order valence-electron chi connectivity index (χ1n) is 28.8. The molecule has 0 bridgehead atoms. The molecular weight excluding hydrogens is 1220 g/mol. The molecule has 6 aromatic carbocycles. The Labute approximate surface area is 528 Å². The SMILES string of the molecule is Cc1cc(F)cc(-c2cc(C(=O)NCCCOc3ccccc3C(F)(F)F)c(O)c(=O)n2C)c1.Cc1cc(F)cc(-c2cc(C(=O)NCCCOc3ccccc3F)c(O)c(=O)n2C)c1.Cc1cc(F)cc(-c2cc(C(=O)NCCc3ccccc3)c(O)c(=O)n2C)c1. The Bertz CT molecular complexity index is 4340. The molecule has 3 heterocycles. The van der Waals surface area contributed by atoms with E-state index in [9.17, 15) is 74.8 Å². The summed E-state index contributed by atoms with van der Waals surface area (Å²) in [5.74, 6) is -6.18. The van der Waals surface area contributed by atoms with Crippen molar-refractivity contribution in [3.8, 4) is 62.5 Å². The van der Waals surface area contributed by atoms with Gasteiger partial charge in [-0.3, -0.25) is 28.8 Å². The Balaban J connectivity index is 0.000000198. The Morgan fingerprint density at radius 1 is 0.452 bits per heavy atom. The van der Waals surface area contributed by atoms with Gasteiger partial charge < -0.3 is 54.4 Å². The number of nitrogens with one attached hydrogen (secondary N) is 3. The van der Waals surface area contributed by atoms with E-state index in [0.717, 1.165) is 20.8 Å². The van der Waals surface area contributed by atoms with Gasteiger partial charge >= 0.3 is 6.18 Å². The molecule has 9 rings (SSSR count). The fraction of sp³-hybridized carbons (Fsp3) is 0.217. The van der Waals surface area contributed by atoms with Crippen LogP contribution in [0, 0.1) is 44.0 Å². The van der Waals surface area contributed by atoms with Crippen LogP contribution >= 0.6 is 0 Å². The van der Waals surface area contributed by atoms with Crippen LogP contribution in [-0.2, 0) is 33.7 Å². The third-order valence-electron chi connectivity index (χ3n) is 14.3. The summed E-state index contributed by atoms with van der Waals surface area (Å²) in [7, 11) is 4.28. The molecule has 17 nitrogen and oxygen atoms in total. The second-order valence-electron chi connectivity index (χ2n) is 21.4. The largest absolute Gasteiger partial charge is 0.502 e. The average Bonchev–Trinajstić information content (AvgIpc) is 0.813. The summed E-state index contributed by atoms with van der Waals surface area (Å²) < 4.78 is 108. The minimum absolute atomic E-state index is 0.00999. The molecule has 0 aliphatic heterocycles. The molecule has 3 amide bonds. The predicted molar refractivity (Wildman–Crippen MR) is 336 cm³/mol. The van der Waals surface area contributed by atoms with Crippen LogP contribution in [0.2, 0.25) is 0 Å². The maximum Gasteiger partial charge on any atom is 0.419 e. The van der Waals surface area contributed by atoms with Crippen molar-refractivity contribution in [3.05, 3.63) is 250 Å². The molecule has 0 unspecified atom stereocenters. The van der Waals surface area contributed by atoms with E-state index < -0.39 is 86.7 Å². The van der Waals surface area contributed by atoms with Crippen molar-refractivity contribution >= 4 is 17.7 Å². The van der Waals surface area contributed by atoms with Gasteiger partial charge in [0.05, 0.1) is 52.5 Å². The smallest absolute Gasteiger partial charge is 0.419 e. The van der Waals surface area contributed by atoms with E-state index in [4.69, 9.17) is 9.47 Å². The second-order valence-corrected chi connectivity index (χ2v) is 21.4. The van der Waals surface area contributed by atoms with Crippen LogP contribution in [0.15, 0.2) is 166 Å². The normalized spacial score (nSPS) is 10.9. The summed E-state index contributed by atoms with van der Waals surface area (Å²) in [5.41, 5.74) is 1.20. The van der Waals surface area contributed by atoms with Crippen LogP contribution in [0.25, 0.3) is 33.8 Å². The lowest BCUT2D eigenvalue weighted by Crippen LogP contribution is -2.29. The van der Waals surface area contributed by atoms with E-state index in [1.807, 2.05) is 30.3 Å². The molecule has 0 aliphatic rings. The number of para-hydroxylation sites is 2. The first-order chi connectivity index (χ1) is 44.1. The number of nitrogens with zero attached hydrogens (tertiary/aromatic N) is 3. The zero-order chi connectivity index (χ0) is 67.8. The highest BCUT2D eigenvalue weighted by Gasteiger charge is 2.34. The molecular formula is C69H65F7N6O11. The average molecular weight is 1290 g/mol. The second kappa shape index (κ2) is 31.2. The Hall–Kier alpha value is -10.9. The molecule has 0 saturated carbocycles. The van der Waals surface area contributed by atoms with Gasteiger partial charge in [0.1, 0.15) is 23.2 Å². The van der Waals surface area contributed by atoms with Crippen molar-refractivity contribution < 1.29 is 69.9 Å². The number of hydrogen-bond acceptors (Lipinski definition) is 11. The molecule has 0 fully saturated rings. The van der Waals surface area contributed by atoms with Crippen LogP contribution in [-0.4, -0.2) is 79.6 Å². The van der Waals surface area contributed by atoms with Gasteiger partial charge in [0.15, 0.2) is 28.8 Å². The van der Waals surface area contributed by atoms with Gasteiger partial charge in [-0.25, -0.2) is 17.6 Å². The maximum absolute atomic E-state index is 13.8. The number of carbonyl (C=O) groups excluding carboxylic acids is 3. The van der Waals surface area contributed by atoms with Crippen molar-refractivity contribution in [2.45, 2.75) is 46.2 Å². The maximum atomic E-state index is 13.8. The highest BCUT2D eigenvalue weighted by Crippen LogP contribution is 2.36. The van der Waals surface area contributed by atoms with Gasteiger partial charge in [0.25, 0.3) is 34.4 Å². The molecule has 24 heteroatoms. The number of benzene rings is 6. The topological polar surface area (TPSA) is 232 Å². The summed E-state index contributed by atoms with van der Waals surface area (Å²) in [6, 6.07) is 37.2. The minimum atomic E-state index is -4.56. The molecule has 486 valence electrons. The number of rotatable bonds is 19. The molecule has 93 heavy (non-hydrogen) atoms. The molecule has 0 atom stereocenters. The lowest BCUT2D eigenvalue weighted by atomic mass is 10.0. The zero-order valence-corrected chi connectivity index (χ0v) is 51.2. The molecule has 0 spiro atoms. The summed E-state index contributed by atoms with van der Waals surface area (Å²) >= 11 is 0. The molecule has 0 saturated heterocycles. The third kappa shape index (κ3) is 18.2. The number of alkyl halides is 3. The van der Waals surface area contributed by atoms with Gasteiger partial charge in [-0.15, -0.1) is 0 Å². The third-order valence-corrected chi connectivity index (χ3v) is 14.3. The van der Waals surface area contributed by atoms with Gasteiger partial charge in [0, 0.05) is 57.5 Å². The van der Waals surface area contributed by atoms with E-state index in [1.54, 1.807) is 51.1 Å². The fourth-order valence-corrected chi connectivity index (χ4v) is 9.61. The number of ether oxygens (including phenoxy) is 2. The van der Waals surface area contributed by atoms with Crippen LogP contribution in [0.3, 0.4) is 0 Å². The minimum Gasteiger partial charge on any atom is -0.502 e. The number of pyridine rings is 3. The van der Waals surface area contributed by atoms with Crippen molar-refractivity contribution in [2.24, 2.45) is 21.1 Å². The number of aromatic hydroxyl groups is 3. The van der Waals surface area contributed by atoms with Crippen LogP contribution < -0.4 is 42.1 Å².